The minimum absolute atomic E-state index is 0.629. The van der Waals surface area contributed by atoms with Gasteiger partial charge >= 0.3 is 0 Å². The largest absolute Gasteiger partial charge is 0.382 e. The van der Waals surface area contributed by atoms with Crippen molar-refractivity contribution >= 4 is 0 Å². The van der Waals surface area contributed by atoms with Crippen LogP contribution in [0.5, 0.6) is 0 Å². The van der Waals surface area contributed by atoms with Gasteiger partial charge in [0.2, 0.25) is 0 Å². The van der Waals surface area contributed by atoms with E-state index in [0.717, 1.165) is 22.4 Å². The Labute approximate surface area is 102 Å². The van der Waals surface area contributed by atoms with Crippen LogP contribution in [0.2, 0.25) is 0 Å². The molecule has 0 saturated carbocycles. The normalized spacial score (nSPS) is 12.8. The van der Waals surface area contributed by atoms with E-state index in [0.29, 0.717) is 0 Å². The molecule has 0 spiro atoms. The maximum atomic E-state index is 10.4. The second kappa shape index (κ2) is 4.34. The summed E-state index contributed by atoms with van der Waals surface area (Å²) in [6.07, 6.45) is 1.03. The molecule has 2 N–H and O–H groups in total. The van der Waals surface area contributed by atoms with E-state index < -0.39 is 6.10 Å². The minimum atomic E-state index is -0.629. The van der Waals surface area contributed by atoms with Crippen molar-refractivity contribution in [3.8, 4) is 0 Å². The van der Waals surface area contributed by atoms with Gasteiger partial charge in [-0.15, -0.1) is 0 Å². The van der Waals surface area contributed by atoms with Gasteiger partial charge < -0.3 is 5.11 Å². The second-order valence-electron chi connectivity index (χ2n) is 4.59. The summed E-state index contributed by atoms with van der Waals surface area (Å²) in [5.74, 6) is 0. The van der Waals surface area contributed by atoms with E-state index in [-0.39, 0.29) is 0 Å². The summed E-state index contributed by atoms with van der Waals surface area (Å²) in [7, 11) is 0. The van der Waals surface area contributed by atoms with E-state index in [1.807, 2.05) is 0 Å². The lowest BCUT2D eigenvalue weighted by atomic mass is 9.90. The molecule has 0 radical (unpaired) electrons. The fourth-order valence-electron chi connectivity index (χ4n) is 2.23. The molecule has 3 nitrogen and oxygen atoms in total. The number of benzene rings is 1. The maximum Gasteiger partial charge on any atom is 0.121 e. The van der Waals surface area contributed by atoms with Crippen LogP contribution in [0.3, 0.4) is 0 Å². The van der Waals surface area contributed by atoms with Crippen LogP contribution in [-0.4, -0.2) is 15.3 Å². The lowest BCUT2D eigenvalue weighted by Gasteiger charge is -2.19. The topological polar surface area (TPSA) is 48.9 Å². The van der Waals surface area contributed by atoms with Crippen LogP contribution in [0, 0.1) is 27.7 Å². The van der Waals surface area contributed by atoms with Crippen molar-refractivity contribution in [1.82, 2.24) is 10.2 Å². The van der Waals surface area contributed by atoms with Crippen molar-refractivity contribution in [3.63, 3.8) is 0 Å². The van der Waals surface area contributed by atoms with E-state index in [1.165, 1.54) is 11.1 Å². The summed E-state index contributed by atoms with van der Waals surface area (Å²) in [5, 5.41) is 17.1. The standard InChI is InChI=1S/C14H18N2O/c1-8-7-9(2)11(4)13(10(8)3)14(17)12-5-6-15-16-12/h5-7,14,17H,1-4H3,(H,15,16). The number of rotatable bonds is 2. The Kier molecular flexibility index (Phi) is 3.03. The number of nitrogens with zero attached hydrogens (tertiary/aromatic N) is 1. The van der Waals surface area contributed by atoms with Crippen LogP contribution in [0.15, 0.2) is 18.3 Å². The van der Waals surface area contributed by atoms with Gasteiger partial charge in [-0.1, -0.05) is 6.07 Å². The van der Waals surface area contributed by atoms with Crippen molar-refractivity contribution in [2.45, 2.75) is 33.8 Å². The number of hydrogen-bond donors (Lipinski definition) is 2. The molecule has 90 valence electrons. The summed E-state index contributed by atoms with van der Waals surface area (Å²) in [4.78, 5) is 0. The molecule has 0 amide bonds. The zero-order valence-corrected chi connectivity index (χ0v) is 10.7. The molecule has 1 unspecified atom stereocenters. The average molecular weight is 230 g/mol. The van der Waals surface area contributed by atoms with Gasteiger partial charge in [-0.05, 0) is 61.6 Å². The number of hydrogen-bond acceptors (Lipinski definition) is 2. The lowest BCUT2D eigenvalue weighted by molar-refractivity contribution is 0.213. The molecule has 0 aliphatic rings. The Morgan fingerprint density at radius 2 is 1.71 bits per heavy atom. The number of aryl methyl sites for hydroxylation is 2. The zero-order chi connectivity index (χ0) is 12.6. The third-order valence-electron chi connectivity index (χ3n) is 3.51. The Morgan fingerprint density at radius 1 is 1.12 bits per heavy atom. The molecule has 2 rings (SSSR count). The van der Waals surface area contributed by atoms with Crippen molar-refractivity contribution < 1.29 is 5.11 Å². The van der Waals surface area contributed by atoms with Gasteiger partial charge in [0.25, 0.3) is 0 Å². The Hall–Kier alpha value is -1.61. The summed E-state index contributed by atoms with van der Waals surface area (Å²) in [5.41, 5.74) is 6.45. The molecule has 0 bridgehead atoms. The summed E-state index contributed by atoms with van der Waals surface area (Å²) >= 11 is 0. The van der Waals surface area contributed by atoms with E-state index in [9.17, 15) is 5.11 Å². The monoisotopic (exact) mass is 230 g/mol. The molecule has 3 heteroatoms. The van der Waals surface area contributed by atoms with Gasteiger partial charge in [0.1, 0.15) is 6.10 Å². The minimum Gasteiger partial charge on any atom is -0.382 e. The van der Waals surface area contributed by atoms with Crippen LogP contribution >= 0.6 is 0 Å². The lowest BCUT2D eigenvalue weighted by Crippen LogP contribution is -2.07. The van der Waals surface area contributed by atoms with Crippen molar-refractivity contribution in [1.29, 1.82) is 0 Å². The van der Waals surface area contributed by atoms with Crippen molar-refractivity contribution in [2.24, 2.45) is 0 Å². The highest BCUT2D eigenvalue weighted by Gasteiger charge is 2.18. The Balaban J connectivity index is 2.59. The van der Waals surface area contributed by atoms with Gasteiger partial charge in [0.15, 0.2) is 0 Å². The molecule has 1 heterocycles. The molecule has 2 aromatic rings. The SMILES string of the molecule is Cc1cc(C)c(C)c(C(O)c2ccn[nH]2)c1C. The van der Waals surface area contributed by atoms with Gasteiger partial charge in [-0.25, -0.2) is 0 Å². The fourth-order valence-corrected chi connectivity index (χ4v) is 2.23. The number of H-pyrrole nitrogens is 1. The number of aromatic nitrogens is 2. The smallest absolute Gasteiger partial charge is 0.121 e. The van der Waals surface area contributed by atoms with Crippen LogP contribution in [0.1, 0.15) is 39.6 Å². The molecular formula is C14H18N2O. The van der Waals surface area contributed by atoms with Crippen LogP contribution < -0.4 is 0 Å². The zero-order valence-electron chi connectivity index (χ0n) is 10.7. The van der Waals surface area contributed by atoms with Gasteiger partial charge in [0.05, 0.1) is 5.69 Å². The molecule has 1 aromatic carbocycles. The molecule has 1 aromatic heterocycles. The first-order valence-electron chi connectivity index (χ1n) is 5.77. The highest BCUT2D eigenvalue weighted by molar-refractivity contribution is 5.47. The van der Waals surface area contributed by atoms with E-state index in [4.69, 9.17) is 0 Å². The van der Waals surface area contributed by atoms with E-state index in [2.05, 4.69) is 44.0 Å². The quantitative estimate of drug-likeness (QED) is 0.833. The fraction of sp³-hybridized carbons (Fsp3) is 0.357. The van der Waals surface area contributed by atoms with Crippen LogP contribution in [0.4, 0.5) is 0 Å². The highest BCUT2D eigenvalue weighted by Crippen LogP contribution is 2.30. The predicted molar refractivity (Wildman–Crippen MR) is 68.0 cm³/mol. The summed E-state index contributed by atoms with van der Waals surface area (Å²) in [6.45, 7) is 8.25. The molecule has 17 heavy (non-hydrogen) atoms. The van der Waals surface area contributed by atoms with E-state index in [1.54, 1.807) is 12.3 Å². The van der Waals surface area contributed by atoms with Crippen molar-refractivity contribution in [2.75, 3.05) is 0 Å². The van der Waals surface area contributed by atoms with Gasteiger partial charge in [-0.2, -0.15) is 5.10 Å². The first-order chi connectivity index (χ1) is 8.02. The Morgan fingerprint density at radius 3 is 2.18 bits per heavy atom. The summed E-state index contributed by atoms with van der Waals surface area (Å²) in [6, 6.07) is 3.97. The predicted octanol–water partition coefficient (Wildman–Crippen LogP) is 2.73. The third-order valence-corrected chi connectivity index (χ3v) is 3.51. The van der Waals surface area contributed by atoms with Crippen LogP contribution in [-0.2, 0) is 0 Å². The molecule has 1 atom stereocenters. The van der Waals surface area contributed by atoms with Crippen molar-refractivity contribution in [3.05, 3.63) is 51.8 Å². The van der Waals surface area contributed by atoms with Crippen LogP contribution in [0.25, 0.3) is 0 Å². The van der Waals surface area contributed by atoms with E-state index >= 15 is 0 Å². The maximum absolute atomic E-state index is 10.4. The average Bonchev–Trinajstić information content (AvgIpc) is 2.80. The van der Waals surface area contributed by atoms with Gasteiger partial charge in [-0.3, -0.25) is 5.10 Å². The first kappa shape index (κ1) is 11.9. The summed E-state index contributed by atoms with van der Waals surface area (Å²) < 4.78 is 0. The third kappa shape index (κ3) is 1.98. The number of nitrogens with one attached hydrogen (secondary N) is 1. The van der Waals surface area contributed by atoms with Gasteiger partial charge in [0, 0.05) is 6.20 Å². The molecular weight excluding hydrogens is 212 g/mol. The molecule has 0 aliphatic carbocycles. The second-order valence-corrected chi connectivity index (χ2v) is 4.59. The molecule has 0 fully saturated rings. The number of aromatic amines is 1. The number of aliphatic hydroxyl groups excluding tert-OH is 1. The Bertz CT molecular complexity index is 503. The highest BCUT2D eigenvalue weighted by atomic mass is 16.3. The first-order valence-corrected chi connectivity index (χ1v) is 5.77. The number of aliphatic hydroxyl groups is 1. The molecule has 0 saturated heterocycles. The molecule has 0 aliphatic heterocycles.